The molecule has 0 saturated carbocycles. The van der Waals surface area contributed by atoms with E-state index >= 15 is 0 Å². The number of benzene rings is 2. The minimum absolute atomic E-state index is 0.0309. The van der Waals surface area contributed by atoms with E-state index in [1.807, 2.05) is 49.4 Å². The van der Waals surface area contributed by atoms with Gasteiger partial charge in [-0.1, -0.05) is 30.3 Å². The molecule has 5 nitrogen and oxygen atoms in total. The van der Waals surface area contributed by atoms with Crippen LogP contribution in [0.4, 0.5) is 0 Å². The average Bonchev–Trinajstić information content (AvgIpc) is 2.97. The van der Waals surface area contributed by atoms with Crippen molar-refractivity contribution >= 4 is 0 Å². The van der Waals surface area contributed by atoms with E-state index in [9.17, 15) is 10.4 Å². The van der Waals surface area contributed by atoms with Gasteiger partial charge in [0, 0.05) is 17.5 Å². The fraction of sp³-hybridized carbons (Fsp3) is 0.222. The Hall–Kier alpha value is -2.86. The van der Waals surface area contributed by atoms with E-state index in [2.05, 4.69) is 10.9 Å². The number of aromatic hydroxyl groups is 1. The van der Waals surface area contributed by atoms with Crippen LogP contribution >= 0.6 is 0 Å². The van der Waals surface area contributed by atoms with Crippen molar-refractivity contribution in [1.29, 1.82) is 10.5 Å². The Labute approximate surface area is 134 Å². The first-order chi connectivity index (χ1) is 11.2. The van der Waals surface area contributed by atoms with E-state index in [0.29, 0.717) is 5.56 Å². The number of nitriles is 2. The smallest absolute Gasteiger partial charge is 0.120 e. The molecule has 0 amide bonds. The quantitative estimate of drug-likeness (QED) is 0.792. The summed E-state index contributed by atoms with van der Waals surface area (Å²) in [6.07, 6.45) is 0. The number of nitrogens with zero attached hydrogens (tertiary/aromatic N) is 2. The SMILES string of the molecule is CC1NNC(c2ccccc2)C1c1cc(C#N)c(C#N)cc1O. The van der Waals surface area contributed by atoms with Crippen molar-refractivity contribution in [2.75, 3.05) is 0 Å². The molecule has 5 heteroatoms. The lowest BCUT2D eigenvalue weighted by atomic mass is 9.83. The highest BCUT2D eigenvalue weighted by Gasteiger charge is 2.37. The highest BCUT2D eigenvalue weighted by molar-refractivity contribution is 5.54. The molecular weight excluding hydrogens is 288 g/mol. The van der Waals surface area contributed by atoms with Crippen LogP contribution in [0, 0.1) is 22.7 Å². The molecule has 1 aliphatic heterocycles. The molecule has 1 saturated heterocycles. The van der Waals surface area contributed by atoms with E-state index in [0.717, 1.165) is 5.56 Å². The Morgan fingerprint density at radius 2 is 1.65 bits per heavy atom. The topological polar surface area (TPSA) is 91.9 Å². The van der Waals surface area contributed by atoms with Crippen molar-refractivity contribution in [3.05, 3.63) is 64.7 Å². The minimum Gasteiger partial charge on any atom is -0.508 e. The molecule has 0 bridgehead atoms. The molecule has 3 atom stereocenters. The van der Waals surface area contributed by atoms with Crippen molar-refractivity contribution in [2.45, 2.75) is 24.9 Å². The van der Waals surface area contributed by atoms with Crippen molar-refractivity contribution < 1.29 is 5.11 Å². The third-order valence-electron chi connectivity index (χ3n) is 4.29. The first-order valence-corrected chi connectivity index (χ1v) is 7.38. The van der Waals surface area contributed by atoms with Gasteiger partial charge < -0.3 is 5.11 Å². The second-order valence-corrected chi connectivity index (χ2v) is 5.67. The van der Waals surface area contributed by atoms with Gasteiger partial charge >= 0.3 is 0 Å². The molecule has 0 aromatic heterocycles. The Morgan fingerprint density at radius 1 is 1.00 bits per heavy atom. The first-order valence-electron chi connectivity index (χ1n) is 7.38. The number of phenols is 1. The number of hydrogen-bond acceptors (Lipinski definition) is 5. The molecule has 2 aromatic carbocycles. The van der Waals surface area contributed by atoms with Crippen molar-refractivity contribution in [3.63, 3.8) is 0 Å². The van der Waals surface area contributed by atoms with E-state index < -0.39 is 0 Å². The number of hydrogen-bond donors (Lipinski definition) is 3. The van der Waals surface area contributed by atoms with Gasteiger partial charge in [0.2, 0.25) is 0 Å². The van der Waals surface area contributed by atoms with E-state index in [4.69, 9.17) is 5.26 Å². The van der Waals surface area contributed by atoms with Crippen LogP contribution in [0.2, 0.25) is 0 Å². The first kappa shape index (κ1) is 15.1. The molecule has 2 aromatic rings. The molecule has 0 aliphatic carbocycles. The molecule has 0 radical (unpaired) electrons. The zero-order valence-corrected chi connectivity index (χ0v) is 12.6. The zero-order chi connectivity index (χ0) is 16.4. The normalized spacial score (nSPS) is 23.2. The van der Waals surface area contributed by atoms with Gasteiger partial charge in [0.15, 0.2) is 0 Å². The molecule has 0 spiro atoms. The van der Waals surface area contributed by atoms with Crippen LogP contribution in [0.25, 0.3) is 0 Å². The molecule has 114 valence electrons. The van der Waals surface area contributed by atoms with Crippen LogP contribution in [-0.2, 0) is 0 Å². The standard InChI is InChI=1S/C18H16N4O/c1-11-17(18(22-21-11)12-5-3-2-4-6-12)15-7-13(9-19)14(10-20)8-16(15)23/h2-8,11,17-18,21-23H,1H3. The minimum atomic E-state index is -0.0581. The second kappa shape index (κ2) is 6.10. The monoisotopic (exact) mass is 304 g/mol. The van der Waals surface area contributed by atoms with Gasteiger partial charge in [-0.05, 0) is 24.6 Å². The number of hydrazine groups is 1. The van der Waals surface area contributed by atoms with Gasteiger partial charge in [-0.25, -0.2) is 5.43 Å². The summed E-state index contributed by atoms with van der Waals surface area (Å²) in [6, 6.07) is 16.9. The largest absolute Gasteiger partial charge is 0.508 e. The summed E-state index contributed by atoms with van der Waals surface area (Å²) >= 11 is 0. The Kier molecular flexibility index (Phi) is 3.99. The Balaban J connectivity index is 2.09. The van der Waals surface area contributed by atoms with Gasteiger partial charge in [0.25, 0.3) is 0 Å². The number of phenolic OH excluding ortho intramolecular Hbond substituents is 1. The summed E-state index contributed by atoms with van der Waals surface area (Å²) < 4.78 is 0. The number of nitrogens with one attached hydrogen (secondary N) is 2. The summed E-state index contributed by atoms with van der Waals surface area (Å²) in [5.41, 5.74) is 8.69. The fourth-order valence-corrected chi connectivity index (χ4v) is 3.15. The molecule has 3 unspecified atom stereocenters. The second-order valence-electron chi connectivity index (χ2n) is 5.67. The molecule has 3 rings (SSSR count). The number of rotatable bonds is 2. The maximum absolute atomic E-state index is 10.4. The predicted molar refractivity (Wildman–Crippen MR) is 85.2 cm³/mol. The molecule has 1 fully saturated rings. The van der Waals surface area contributed by atoms with Crippen LogP contribution in [0.1, 0.15) is 41.1 Å². The van der Waals surface area contributed by atoms with Crippen LogP contribution in [0.5, 0.6) is 5.75 Å². The van der Waals surface area contributed by atoms with E-state index in [-0.39, 0.29) is 34.9 Å². The maximum Gasteiger partial charge on any atom is 0.120 e. The van der Waals surface area contributed by atoms with Crippen molar-refractivity contribution in [2.24, 2.45) is 0 Å². The predicted octanol–water partition coefficient (Wildman–Crippen LogP) is 2.46. The van der Waals surface area contributed by atoms with E-state index in [1.165, 1.54) is 6.07 Å². The molecular formula is C18H16N4O. The van der Waals surface area contributed by atoms with Gasteiger partial charge in [-0.15, -0.1) is 0 Å². The molecule has 1 aliphatic rings. The molecule has 23 heavy (non-hydrogen) atoms. The van der Waals surface area contributed by atoms with Gasteiger partial charge in [-0.2, -0.15) is 10.5 Å². The zero-order valence-electron chi connectivity index (χ0n) is 12.6. The summed E-state index contributed by atoms with van der Waals surface area (Å²) in [5, 5.41) is 28.7. The summed E-state index contributed by atoms with van der Waals surface area (Å²) in [4.78, 5) is 0. The third kappa shape index (κ3) is 2.64. The lowest BCUT2D eigenvalue weighted by molar-refractivity contribution is 0.449. The summed E-state index contributed by atoms with van der Waals surface area (Å²) in [7, 11) is 0. The lowest BCUT2D eigenvalue weighted by Crippen LogP contribution is -2.29. The van der Waals surface area contributed by atoms with Crippen LogP contribution in [-0.4, -0.2) is 11.1 Å². The third-order valence-corrected chi connectivity index (χ3v) is 4.29. The van der Waals surface area contributed by atoms with Crippen LogP contribution in [0.15, 0.2) is 42.5 Å². The average molecular weight is 304 g/mol. The fourth-order valence-electron chi connectivity index (χ4n) is 3.15. The van der Waals surface area contributed by atoms with Crippen LogP contribution in [0.3, 0.4) is 0 Å². The van der Waals surface area contributed by atoms with Gasteiger partial charge in [0.05, 0.1) is 17.2 Å². The van der Waals surface area contributed by atoms with E-state index in [1.54, 1.807) is 6.07 Å². The maximum atomic E-state index is 10.4. The van der Waals surface area contributed by atoms with Gasteiger partial charge in [0.1, 0.15) is 17.9 Å². The lowest BCUT2D eigenvalue weighted by Gasteiger charge is -2.23. The van der Waals surface area contributed by atoms with Crippen molar-refractivity contribution in [1.82, 2.24) is 10.9 Å². The highest BCUT2D eigenvalue weighted by Crippen LogP contribution is 2.41. The molecule has 1 heterocycles. The summed E-state index contributed by atoms with van der Waals surface area (Å²) in [6.45, 7) is 2.02. The molecule has 3 N–H and O–H groups in total. The summed E-state index contributed by atoms with van der Waals surface area (Å²) in [5.74, 6) is -0.0129. The highest BCUT2D eigenvalue weighted by atomic mass is 16.3. The van der Waals surface area contributed by atoms with Crippen LogP contribution < -0.4 is 10.9 Å². The Morgan fingerprint density at radius 3 is 2.30 bits per heavy atom. The Bertz CT molecular complexity index is 804. The van der Waals surface area contributed by atoms with Crippen molar-refractivity contribution in [3.8, 4) is 17.9 Å². The van der Waals surface area contributed by atoms with Gasteiger partial charge in [-0.3, -0.25) is 5.43 Å².